The van der Waals surface area contributed by atoms with E-state index in [0.717, 1.165) is 5.56 Å². The van der Waals surface area contributed by atoms with Gasteiger partial charge in [0.05, 0.1) is 29.6 Å². The summed E-state index contributed by atoms with van der Waals surface area (Å²) < 4.78 is 3.19. The molecule has 1 saturated carbocycles. The molecule has 26 heavy (non-hydrogen) atoms. The number of carbonyl (C=O) groups excluding carboxylic acids is 1. The van der Waals surface area contributed by atoms with Crippen molar-refractivity contribution in [2.45, 2.75) is 31.9 Å². The Kier molecular flexibility index (Phi) is 3.87. The molecule has 0 bridgehead atoms. The number of aryl methyl sites for hydroxylation is 2. The molecule has 1 aliphatic carbocycles. The zero-order chi connectivity index (χ0) is 18.4. The maximum atomic E-state index is 12.9. The summed E-state index contributed by atoms with van der Waals surface area (Å²) in [4.78, 5) is 28.6. The van der Waals surface area contributed by atoms with E-state index in [1.807, 2.05) is 13.2 Å². The first kappa shape index (κ1) is 16.5. The van der Waals surface area contributed by atoms with Crippen LogP contribution in [0.5, 0.6) is 0 Å². The van der Waals surface area contributed by atoms with Crippen molar-refractivity contribution in [3.05, 3.63) is 51.8 Å². The summed E-state index contributed by atoms with van der Waals surface area (Å²) in [5.74, 6) is -0.122. The molecule has 136 valence electrons. The summed E-state index contributed by atoms with van der Waals surface area (Å²) in [7, 11) is 1.82. The molecule has 0 aromatic carbocycles. The first-order valence-corrected chi connectivity index (χ1v) is 8.47. The van der Waals surface area contributed by atoms with Gasteiger partial charge in [-0.3, -0.25) is 19.4 Å². The normalized spacial score (nSPS) is 20.7. The van der Waals surface area contributed by atoms with E-state index in [1.54, 1.807) is 17.8 Å². The maximum absolute atomic E-state index is 12.9. The van der Waals surface area contributed by atoms with Gasteiger partial charge < -0.3 is 10.4 Å². The number of nitrogens with zero attached hydrogens (tertiary/aromatic N) is 4. The second-order valence-electron chi connectivity index (χ2n) is 6.86. The fourth-order valence-electron chi connectivity index (χ4n) is 3.49. The van der Waals surface area contributed by atoms with Crippen LogP contribution in [0.25, 0.3) is 5.65 Å². The molecule has 9 nitrogen and oxygen atoms in total. The SMILES string of the molecule is Cc1c(C(=O)N[C@H](c2cnn(C)c2)C2CC(O)C2)cnc2cc(=O)[nH]n12. The molecule has 0 unspecified atom stereocenters. The van der Waals surface area contributed by atoms with E-state index in [2.05, 4.69) is 20.5 Å². The molecule has 1 fully saturated rings. The lowest BCUT2D eigenvalue weighted by atomic mass is 9.75. The van der Waals surface area contributed by atoms with Gasteiger partial charge in [-0.15, -0.1) is 0 Å². The Hall–Kier alpha value is -2.94. The zero-order valence-electron chi connectivity index (χ0n) is 14.5. The van der Waals surface area contributed by atoms with Crippen molar-refractivity contribution < 1.29 is 9.90 Å². The number of aliphatic hydroxyl groups excluding tert-OH is 1. The number of H-pyrrole nitrogens is 1. The Morgan fingerprint density at radius 2 is 2.19 bits per heavy atom. The summed E-state index contributed by atoms with van der Waals surface area (Å²) in [6, 6.07) is 1.14. The van der Waals surface area contributed by atoms with E-state index >= 15 is 0 Å². The number of nitrogens with one attached hydrogen (secondary N) is 2. The fraction of sp³-hybridized carbons (Fsp3) is 0.412. The highest BCUT2D eigenvalue weighted by atomic mass is 16.3. The van der Waals surface area contributed by atoms with Crippen LogP contribution in [0.15, 0.2) is 29.5 Å². The molecule has 3 aromatic heterocycles. The van der Waals surface area contributed by atoms with Gasteiger partial charge in [0, 0.05) is 31.1 Å². The largest absolute Gasteiger partial charge is 0.393 e. The molecule has 3 N–H and O–H groups in total. The molecule has 1 amide bonds. The van der Waals surface area contributed by atoms with Gasteiger partial charge in [0.1, 0.15) is 0 Å². The van der Waals surface area contributed by atoms with E-state index in [-0.39, 0.29) is 29.5 Å². The minimum atomic E-state index is -0.319. The highest BCUT2D eigenvalue weighted by Gasteiger charge is 2.36. The lowest BCUT2D eigenvalue weighted by Gasteiger charge is -2.37. The van der Waals surface area contributed by atoms with Crippen LogP contribution in [0.2, 0.25) is 0 Å². The predicted molar refractivity (Wildman–Crippen MR) is 92.7 cm³/mol. The van der Waals surface area contributed by atoms with Gasteiger partial charge in [0.25, 0.3) is 11.5 Å². The number of aliphatic hydroxyl groups is 1. The molecule has 0 spiro atoms. The molecule has 1 aliphatic rings. The summed E-state index contributed by atoms with van der Waals surface area (Å²) in [5, 5.41) is 19.5. The third-order valence-corrected chi connectivity index (χ3v) is 5.00. The number of carbonyl (C=O) groups is 1. The Balaban J connectivity index is 1.64. The molecule has 9 heteroatoms. The van der Waals surface area contributed by atoms with Crippen molar-refractivity contribution in [1.29, 1.82) is 0 Å². The van der Waals surface area contributed by atoms with Crippen molar-refractivity contribution in [2.24, 2.45) is 13.0 Å². The van der Waals surface area contributed by atoms with Gasteiger partial charge in [0.15, 0.2) is 5.65 Å². The molecule has 0 saturated heterocycles. The second kappa shape index (κ2) is 6.10. The standard InChI is InChI=1S/C17H20N6O3/c1-9-13(7-18-14-5-15(25)21-23(9)14)17(26)20-16(10-3-12(24)4-10)11-6-19-22(2)8-11/h5-8,10,12,16,24H,3-4H2,1-2H3,(H,20,26)(H,21,25)/t10?,12?,16-/m0/s1. The molecular weight excluding hydrogens is 336 g/mol. The minimum absolute atomic E-state index is 0.154. The Morgan fingerprint density at radius 1 is 1.42 bits per heavy atom. The van der Waals surface area contributed by atoms with Crippen LogP contribution in [-0.4, -0.2) is 41.5 Å². The van der Waals surface area contributed by atoms with E-state index in [9.17, 15) is 14.7 Å². The molecule has 0 aliphatic heterocycles. The van der Waals surface area contributed by atoms with Gasteiger partial charge in [-0.05, 0) is 25.7 Å². The zero-order valence-corrected chi connectivity index (χ0v) is 14.5. The third-order valence-electron chi connectivity index (χ3n) is 5.00. The van der Waals surface area contributed by atoms with Crippen molar-refractivity contribution in [3.8, 4) is 0 Å². The summed E-state index contributed by atoms with van der Waals surface area (Å²) >= 11 is 0. The lowest BCUT2D eigenvalue weighted by Crippen LogP contribution is -2.41. The average Bonchev–Trinajstić information content (AvgIpc) is 3.15. The summed E-state index contributed by atoms with van der Waals surface area (Å²) in [5.41, 5.74) is 2.09. The van der Waals surface area contributed by atoms with E-state index < -0.39 is 0 Å². The fourth-order valence-corrected chi connectivity index (χ4v) is 3.49. The summed E-state index contributed by atoms with van der Waals surface area (Å²) in [6.45, 7) is 1.76. The van der Waals surface area contributed by atoms with Crippen LogP contribution in [0, 0.1) is 12.8 Å². The van der Waals surface area contributed by atoms with Crippen LogP contribution in [0.4, 0.5) is 0 Å². The number of hydrogen-bond acceptors (Lipinski definition) is 5. The molecule has 3 aromatic rings. The van der Waals surface area contributed by atoms with Crippen molar-refractivity contribution >= 4 is 11.6 Å². The number of hydrogen-bond donors (Lipinski definition) is 3. The topological polar surface area (TPSA) is 117 Å². The molecular formula is C17H20N6O3. The van der Waals surface area contributed by atoms with Crippen LogP contribution >= 0.6 is 0 Å². The number of amides is 1. The van der Waals surface area contributed by atoms with Gasteiger partial charge in [-0.25, -0.2) is 9.50 Å². The lowest BCUT2D eigenvalue weighted by molar-refractivity contribution is 0.0235. The molecule has 0 radical (unpaired) electrons. The van der Waals surface area contributed by atoms with E-state index in [0.29, 0.717) is 29.7 Å². The second-order valence-corrected chi connectivity index (χ2v) is 6.86. The molecule has 4 rings (SSSR count). The highest BCUT2D eigenvalue weighted by molar-refractivity contribution is 5.95. The Bertz CT molecular complexity index is 1030. The number of aromatic amines is 1. The van der Waals surface area contributed by atoms with Crippen LogP contribution < -0.4 is 10.9 Å². The third kappa shape index (κ3) is 2.80. The first-order chi connectivity index (χ1) is 12.4. The smallest absolute Gasteiger partial charge is 0.266 e. The highest BCUT2D eigenvalue weighted by Crippen LogP contribution is 2.38. The van der Waals surface area contributed by atoms with Crippen LogP contribution in [0.1, 0.15) is 40.5 Å². The number of rotatable bonds is 4. The molecule has 3 heterocycles. The summed E-state index contributed by atoms with van der Waals surface area (Å²) in [6.07, 6.45) is 6.03. The van der Waals surface area contributed by atoms with E-state index in [1.165, 1.54) is 16.8 Å². The number of fused-ring (bicyclic) bond motifs is 1. The van der Waals surface area contributed by atoms with Crippen LogP contribution in [-0.2, 0) is 7.05 Å². The van der Waals surface area contributed by atoms with Gasteiger partial charge in [0.2, 0.25) is 0 Å². The van der Waals surface area contributed by atoms with Crippen molar-refractivity contribution in [2.75, 3.05) is 0 Å². The first-order valence-electron chi connectivity index (χ1n) is 8.47. The Morgan fingerprint density at radius 3 is 2.85 bits per heavy atom. The predicted octanol–water partition coefficient (Wildman–Crippen LogP) is 0.307. The number of aromatic nitrogens is 5. The van der Waals surface area contributed by atoms with Gasteiger partial charge in [-0.1, -0.05) is 0 Å². The van der Waals surface area contributed by atoms with Gasteiger partial charge in [-0.2, -0.15) is 5.10 Å². The maximum Gasteiger partial charge on any atom is 0.266 e. The van der Waals surface area contributed by atoms with Crippen LogP contribution in [0.3, 0.4) is 0 Å². The van der Waals surface area contributed by atoms with Crippen molar-refractivity contribution in [1.82, 2.24) is 29.7 Å². The van der Waals surface area contributed by atoms with E-state index in [4.69, 9.17) is 0 Å². The molecule has 1 atom stereocenters. The quantitative estimate of drug-likeness (QED) is 0.622. The van der Waals surface area contributed by atoms with Gasteiger partial charge >= 0.3 is 0 Å². The Labute approximate surface area is 148 Å². The minimum Gasteiger partial charge on any atom is -0.393 e. The monoisotopic (exact) mass is 356 g/mol. The average molecular weight is 356 g/mol. The van der Waals surface area contributed by atoms with Crippen molar-refractivity contribution in [3.63, 3.8) is 0 Å².